The molecule has 0 bridgehead atoms. The Balaban J connectivity index is 1.85. The highest BCUT2D eigenvalue weighted by atomic mass is 35.5. The summed E-state index contributed by atoms with van der Waals surface area (Å²) in [7, 11) is 1.71. The van der Waals surface area contributed by atoms with Crippen LogP contribution in [-0.2, 0) is 13.1 Å². The molecule has 0 fully saturated rings. The smallest absolute Gasteiger partial charge is 0.191 e. The van der Waals surface area contributed by atoms with Crippen molar-refractivity contribution in [3.63, 3.8) is 0 Å². The van der Waals surface area contributed by atoms with Crippen molar-refractivity contribution in [1.82, 2.24) is 15.8 Å². The zero-order valence-electron chi connectivity index (χ0n) is 10.6. The lowest BCUT2D eigenvalue weighted by molar-refractivity contribution is 0.410. The summed E-state index contributed by atoms with van der Waals surface area (Å²) < 4.78 is 4.76. The standard InChI is InChI=1S/C13H15ClN4O/c1-15-13(17-9-11-6-7-19-18-11)16-8-10-4-2-3-5-12(10)14/h2-7H,8-9H2,1H3,(H2,15,16,17). The van der Waals surface area contributed by atoms with Gasteiger partial charge in [-0.15, -0.1) is 0 Å². The molecule has 1 aromatic carbocycles. The van der Waals surface area contributed by atoms with Gasteiger partial charge in [-0.3, -0.25) is 4.99 Å². The number of guanidine groups is 1. The Labute approximate surface area is 116 Å². The minimum absolute atomic E-state index is 0.554. The molecule has 1 heterocycles. The van der Waals surface area contributed by atoms with Crippen LogP contribution < -0.4 is 10.6 Å². The van der Waals surface area contributed by atoms with Crippen LogP contribution in [0.5, 0.6) is 0 Å². The van der Waals surface area contributed by atoms with Crippen LogP contribution in [0.2, 0.25) is 5.02 Å². The highest BCUT2D eigenvalue weighted by Crippen LogP contribution is 2.14. The summed E-state index contributed by atoms with van der Waals surface area (Å²) in [6.45, 7) is 1.16. The topological polar surface area (TPSA) is 62.5 Å². The first kappa shape index (κ1) is 13.4. The Kier molecular flexibility index (Phi) is 4.80. The number of nitrogens with zero attached hydrogens (tertiary/aromatic N) is 2. The molecule has 0 radical (unpaired) electrons. The van der Waals surface area contributed by atoms with Crippen molar-refractivity contribution in [2.45, 2.75) is 13.1 Å². The SMILES string of the molecule is CN=C(NCc1ccon1)NCc1ccccc1Cl. The fraction of sp³-hybridized carbons (Fsp3) is 0.231. The quantitative estimate of drug-likeness (QED) is 0.665. The van der Waals surface area contributed by atoms with Crippen LogP contribution in [0.15, 0.2) is 46.1 Å². The minimum Gasteiger partial charge on any atom is -0.364 e. The van der Waals surface area contributed by atoms with Crippen LogP contribution in [0.4, 0.5) is 0 Å². The van der Waals surface area contributed by atoms with Gasteiger partial charge in [0.25, 0.3) is 0 Å². The predicted octanol–water partition coefficient (Wildman–Crippen LogP) is 2.19. The van der Waals surface area contributed by atoms with Gasteiger partial charge in [0, 0.05) is 24.7 Å². The van der Waals surface area contributed by atoms with Crippen molar-refractivity contribution in [1.29, 1.82) is 0 Å². The predicted molar refractivity (Wildman–Crippen MR) is 75.0 cm³/mol. The monoisotopic (exact) mass is 278 g/mol. The van der Waals surface area contributed by atoms with E-state index in [0.717, 1.165) is 16.3 Å². The minimum atomic E-state index is 0.554. The Bertz CT molecular complexity index is 539. The summed E-state index contributed by atoms with van der Waals surface area (Å²) in [5.74, 6) is 0.683. The molecule has 5 nitrogen and oxygen atoms in total. The number of benzene rings is 1. The van der Waals surface area contributed by atoms with Gasteiger partial charge in [0.2, 0.25) is 0 Å². The average molecular weight is 279 g/mol. The van der Waals surface area contributed by atoms with E-state index in [9.17, 15) is 0 Å². The number of hydrogen-bond donors (Lipinski definition) is 2. The van der Waals surface area contributed by atoms with Gasteiger partial charge in [-0.2, -0.15) is 0 Å². The second-order valence-electron chi connectivity index (χ2n) is 3.86. The first-order valence-corrected chi connectivity index (χ1v) is 6.24. The van der Waals surface area contributed by atoms with Gasteiger partial charge in [-0.1, -0.05) is 35.0 Å². The van der Waals surface area contributed by atoms with Gasteiger partial charge in [-0.25, -0.2) is 0 Å². The maximum absolute atomic E-state index is 6.09. The van der Waals surface area contributed by atoms with E-state index in [1.54, 1.807) is 13.1 Å². The lowest BCUT2D eigenvalue weighted by atomic mass is 10.2. The van der Waals surface area contributed by atoms with Crippen LogP contribution in [0.3, 0.4) is 0 Å². The maximum atomic E-state index is 6.09. The van der Waals surface area contributed by atoms with Crippen molar-refractivity contribution >= 4 is 17.6 Å². The molecule has 6 heteroatoms. The van der Waals surface area contributed by atoms with Gasteiger partial charge in [0.05, 0.1) is 6.54 Å². The molecular weight excluding hydrogens is 264 g/mol. The summed E-state index contributed by atoms with van der Waals surface area (Å²) in [6, 6.07) is 9.50. The normalized spacial score (nSPS) is 11.4. The summed E-state index contributed by atoms with van der Waals surface area (Å²) in [4.78, 5) is 4.13. The second kappa shape index (κ2) is 6.80. The molecule has 2 aromatic rings. The molecule has 0 aliphatic rings. The first-order valence-electron chi connectivity index (χ1n) is 5.87. The maximum Gasteiger partial charge on any atom is 0.191 e. The molecule has 0 unspecified atom stereocenters. The average Bonchev–Trinajstić information content (AvgIpc) is 2.94. The largest absolute Gasteiger partial charge is 0.364 e. The van der Waals surface area contributed by atoms with Crippen molar-refractivity contribution in [3.05, 3.63) is 52.9 Å². The Hall–Kier alpha value is -2.01. The molecule has 0 saturated heterocycles. The second-order valence-corrected chi connectivity index (χ2v) is 4.27. The van der Waals surface area contributed by atoms with E-state index in [1.165, 1.54) is 6.26 Å². The van der Waals surface area contributed by atoms with Crippen molar-refractivity contribution in [3.8, 4) is 0 Å². The van der Waals surface area contributed by atoms with Gasteiger partial charge in [0.1, 0.15) is 12.0 Å². The third-order valence-corrected chi connectivity index (χ3v) is 2.92. The summed E-state index contributed by atoms with van der Waals surface area (Å²) in [6.07, 6.45) is 1.54. The summed E-state index contributed by atoms with van der Waals surface area (Å²) >= 11 is 6.09. The van der Waals surface area contributed by atoms with Crippen molar-refractivity contribution in [2.24, 2.45) is 4.99 Å². The summed E-state index contributed by atoms with van der Waals surface area (Å²) in [5.41, 5.74) is 1.84. The zero-order chi connectivity index (χ0) is 13.5. The van der Waals surface area contributed by atoms with E-state index in [0.29, 0.717) is 19.0 Å². The van der Waals surface area contributed by atoms with Crippen LogP contribution in [0.25, 0.3) is 0 Å². The van der Waals surface area contributed by atoms with Crippen LogP contribution in [0, 0.1) is 0 Å². The van der Waals surface area contributed by atoms with Gasteiger partial charge < -0.3 is 15.2 Å². The number of nitrogens with one attached hydrogen (secondary N) is 2. The lowest BCUT2D eigenvalue weighted by Gasteiger charge is -2.11. The van der Waals surface area contributed by atoms with Crippen molar-refractivity contribution in [2.75, 3.05) is 7.05 Å². The Morgan fingerprint density at radius 2 is 2.05 bits per heavy atom. The molecule has 1 aromatic heterocycles. The van der Waals surface area contributed by atoms with E-state index in [2.05, 4.69) is 20.8 Å². The molecule has 0 atom stereocenters. The summed E-state index contributed by atoms with van der Waals surface area (Å²) in [5, 5.41) is 10.9. The van der Waals surface area contributed by atoms with Crippen LogP contribution in [-0.4, -0.2) is 18.2 Å². The van der Waals surface area contributed by atoms with Crippen LogP contribution in [0.1, 0.15) is 11.3 Å². The molecule has 0 aliphatic heterocycles. The number of hydrogen-bond acceptors (Lipinski definition) is 3. The van der Waals surface area contributed by atoms with E-state index in [4.69, 9.17) is 16.1 Å². The molecule has 2 rings (SSSR count). The fourth-order valence-electron chi connectivity index (χ4n) is 1.54. The molecule has 2 N–H and O–H groups in total. The molecule has 0 aliphatic carbocycles. The number of aromatic nitrogens is 1. The van der Waals surface area contributed by atoms with Gasteiger partial charge >= 0.3 is 0 Å². The molecule has 100 valence electrons. The zero-order valence-corrected chi connectivity index (χ0v) is 11.3. The number of aliphatic imine (C=N–C) groups is 1. The van der Waals surface area contributed by atoms with E-state index < -0.39 is 0 Å². The van der Waals surface area contributed by atoms with E-state index >= 15 is 0 Å². The van der Waals surface area contributed by atoms with Crippen molar-refractivity contribution < 1.29 is 4.52 Å². The third kappa shape index (κ3) is 3.99. The highest BCUT2D eigenvalue weighted by Gasteiger charge is 2.02. The first-order chi connectivity index (χ1) is 9.29. The number of halogens is 1. The highest BCUT2D eigenvalue weighted by molar-refractivity contribution is 6.31. The third-order valence-electron chi connectivity index (χ3n) is 2.56. The molecule has 19 heavy (non-hydrogen) atoms. The Morgan fingerprint density at radius 3 is 2.74 bits per heavy atom. The van der Waals surface area contributed by atoms with Crippen LogP contribution >= 0.6 is 11.6 Å². The number of rotatable bonds is 4. The van der Waals surface area contributed by atoms with Gasteiger partial charge in [0.15, 0.2) is 5.96 Å². The molecule has 0 spiro atoms. The molecule has 0 saturated carbocycles. The van der Waals surface area contributed by atoms with Gasteiger partial charge in [-0.05, 0) is 11.6 Å². The fourth-order valence-corrected chi connectivity index (χ4v) is 1.75. The lowest BCUT2D eigenvalue weighted by Crippen LogP contribution is -2.36. The van der Waals surface area contributed by atoms with E-state index in [1.807, 2.05) is 24.3 Å². The molecular formula is C13H15ClN4O. The molecule has 0 amide bonds. The Morgan fingerprint density at radius 1 is 1.26 bits per heavy atom. The van der Waals surface area contributed by atoms with E-state index in [-0.39, 0.29) is 0 Å².